The molecule has 0 aromatic carbocycles. The average Bonchev–Trinajstić information content (AvgIpc) is 1.85. The molecular formula is C6H8BClFNO2. The molecular weight excluding hydrogens is 183 g/mol. The van der Waals surface area contributed by atoms with Crippen molar-refractivity contribution in [1.82, 2.24) is 4.98 Å². The van der Waals surface area contributed by atoms with Gasteiger partial charge in [-0.15, -0.1) is 12.4 Å². The lowest BCUT2D eigenvalue weighted by Crippen LogP contribution is -2.32. The first-order valence-corrected chi connectivity index (χ1v) is 3.09. The van der Waals surface area contributed by atoms with Crippen LogP contribution in [0.1, 0.15) is 5.56 Å². The van der Waals surface area contributed by atoms with E-state index in [0.717, 1.165) is 12.3 Å². The van der Waals surface area contributed by atoms with E-state index in [1.165, 1.54) is 0 Å². The molecule has 2 N–H and O–H groups in total. The van der Waals surface area contributed by atoms with Crippen molar-refractivity contribution in [3.63, 3.8) is 0 Å². The highest BCUT2D eigenvalue weighted by molar-refractivity contribution is 6.59. The van der Waals surface area contributed by atoms with Gasteiger partial charge < -0.3 is 10.0 Å². The highest BCUT2D eigenvalue weighted by Gasteiger charge is 2.14. The lowest BCUT2D eigenvalue weighted by atomic mass is 9.79. The second kappa shape index (κ2) is 4.40. The fraction of sp³-hybridized carbons (Fsp3) is 0.167. The van der Waals surface area contributed by atoms with E-state index in [4.69, 9.17) is 10.0 Å². The number of aryl methyl sites for hydroxylation is 1. The van der Waals surface area contributed by atoms with Gasteiger partial charge in [0.05, 0.1) is 0 Å². The van der Waals surface area contributed by atoms with Gasteiger partial charge in [-0.05, 0) is 18.6 Å². The van der Waals surface area contributed by atoms with Crippen LogP contribution in [-0.4, -0.2) is 22.2 Å². The molecule has 0 bridgehead atoms. The maximum Gasteiger partial charge on any atom is 0.490 e. The highest BCUT2D eigenvalue weighted by atomic mass is 35.5. The topological polar surface area (TPSA) is 53.4 Å². The zero-order valence-corrected chi connectivity index (χ0v) is 7.18. The van der Waals surface area contributed by atoms with E-state index in [1.807, 2.05) is 0 Å². The molecule has 1 aromatic rings. The third kappa shape index (κ3) is 2.44. The Morgan fingerprint density at radius 1 is 1.50 bits per heavy atom. The number of rotatable bonds is 1. The van der Waals surface area contributed by atoms with Crippen molar-refractivity contribution in [3.8, 4) is 0 Å². The number of hydrogen-bond acceptors (Lipinski definition) is 3. The maximum atomic E-state index is 12.3. The van der Waals surface area contributed by atoms with Gasteiger partial charge >= 0.3 is 7.12 Å². The van der Waals surface area contributed by atoms with Crippen molar-refractivity contribution in [2.75, 3.05) is 0 Å². The van der Waals surface area contributed by atoms with E-state index >= 15 is 0 Å². The van der Waals surface area contributed by atoms with E-state index in [9.17, 15) is 4.39 Å². The Morgan fingerprint density at radius 3 is 2.50 bits per heavy atom. The van der Waals surface area contributed by atoms with E-state index in [0.29, 0.717) is 5.56 Å². The molecule has 0 unspecified atom stereocenters. The first kappa shape index (κ1) is 11.4. The van der Waals surface area contributed by atoms with E-state index < -0.39 is 13.1 Å². The fourth-order valence-corrected chi connectivity index (χ4v) is 0.803. The molecule has 0 aliphatic heterocycles. The zero-order chi connectivity index (χ0) is 8.43. The van der Waals surface area contributed by atoms with Crippen molar-refractivity contribution in [2.24, 2.45) is 0 Å². The quantitative estimate of drug-likeness (QED) is 0.470. The zero-order valence-electron chi connectivity index (χ0n) is 6.36. The number of aromatic nitrogens is 1. The van der Waals surface area contributed by atoms with Crippen molar-refractivity contribution in [2.45, 2.75) is 6.92 Å². The Labute approximate surface area is 75.8 Å². The molecule has 0 aliphatic rings. The van der Waals surface area contributed by atoms with Crippen LogP contribution < -0.4 is 5.46 Å². The molecule has 0 amide bonds. The molecule has 0 aliphatic carbocycles. The maximum absolute atomic E-state index is 12.3. The minimum atomic E-state index is -1.58. The summed E-state index contributed by atoms with van der Waals surface area (Å²) in [6.45, 7) is 1.58. The van der Waals surface area contributed by atoms with Gasteiger partial charge in [0.1, 0.15) is 0 Å². The molecule has 0 spiro atoms. The molecule has 0 atom stereocenters. The van der Waals surface area contributed by atoms with E-state index in [-0.39, 0.29) is 17.9 Å². The summed E-state index contributed by atoms with van der Waals surface area (Å²) in [6.07, 6.45) is 1.11. The normalized spacial score (nSPS) is 9.00. The molecule has 0 fully saturated rings. The van der Waals surface area contributed by atoms with Crippen LogP contribution in [-0.2, 0) is 0 Å². The van der Waals surface area contributed by atoms with Crippen molar-refractivity contribution in [1.29, 1.82) is 0 Å². The van der Waals surface area contributed by atoms with E-state index in [2.05, 4.69) is 4.98 Å². The SMILES string of the molecule is Cc1cc(F)ncc1B(O)O.Cl. The third-order valence-electron chi connectivity index (χ3n) is 1.40. The summed E-state index contributed by atoms with van der Waals surface area (Å²) < 4.78 is 12.3. The minimum absolute atomic E-state index is 0. The van der Waals surface area contributed by atoms with Gasteiger partial charge in [-0.1, -0.05) is 0 Å². The van der Waals surface area contributed by atoms with Gasteiger partial charge in [-0.2, -0.15) is 4.39 Å². The summed E-state index contributed by atoms with van der Waals surface area (Å²) in [4.78, 5) is 3.27. The smallest absolute Gasteiger partial charge is 0.423 e. The number of hydrogen-bond donors (Lipinski definition) is 2. The molecule has 0 radical (unpaired) electrons. The summed E-state index contributed by atoms with van der Waals surface area (Å²) in [7, 11) is -1.58. The molecule has 3 nitrogen and oxygen atoms in total. The van der Waals surface area contributed by atoms with E-state index in [1.54, 1.807) is 6.92 Å². The lowest BCUT2D eigenvalue weighted by molar-refractivity contribution is 0.425. The first-order valence-electron chi connectivity index (χ1n) is 3.09. The summed E-state index contributed by atoms with van der Waals surface area (Å²) >= 11 is 0. The lowest BCUT2D eigenvalue weighted by Gasteiger charge is -2.01. The van der Waals surface area contributed by atoms with Crippen LogP contribution in [0.4, 0.5) is 4.39 Å². The molecule has 6 heteroatoms. The Balaban J connectivity index is 0.00000121. The van der Waals surface area contributed by atoms with Gasteiger partial charge in [0.25, 0.3) is 0 Å². The predicted molar refractivity (Wildman–Crippen MR) is 46.0 cm³/mol. The standard InChI is InChI=1S/C6H7BFNO2.ClH/c1-4-2-6(8)9-3-5(4)7(10)11;/h2-3,10-11H,1H3;1H. The second-order valence-corrected chi connectivity index (χ2v) is 2.24. The minimum Gasteiger partial charge on any atom is -0.423 e. The van der Waals surface area contributed by atoms with Crippen LogP contribution in [0.2, 0.25) is 0 Å². The predicted octanol–water partition coefficient (Wildman–Crippen LogP) is -0.369. The highest BCUT2D eigenvalue weighted by Crippen LogP contribution is 1.95. The van der Waals surface area contributed by atoms with Crippen molar-refractivity contribution < 1.29 is 14.4 Å². The average molecular weight is 191 g/mol. The van der Waals surface area contributed by atoms with Crippen LogP contribution >= 0.6 is 12.4 Å². The van der Waals surface area contributed by atoms with Gasteiger partial charge in [-0.25, -0.2) is 4.98 Å². The Kier molecular flexibility index (Phi) is 4.16. The Hall–Kier alpha value is -0.645. The largest absolute Gasteiger partial charge is 0.490 e. The van der Waals surface area contributed by atoms with Gasteiger partial charge in [0, 0.05) is 11.7 Å². The molecule has 12 heavy (non-hydrogen) atoms. The third-order valence-corrected chi connectivity index (χ3v) is 1.40. The first-order chi connectivity index (χ1) is 5.11. The summed E-state index contributed by atoms with van der Waals surface area (Å²) in [5, 5.41) is 17.4. The fourth-order valence-electron chi connectivity index (χ4n) is 0.803. The van der Waals surface area contributed by atoms with Crippen molar-refractivity contribution in [3.05, 3.63) is 23.8 Å². The van der Waals surface area contributed by atoms with Gasteiger partial charge in [-0.3, -0.25) is 0 Å². The summed E-state index contributed by atoms with van der Waals surface area (Å²) in [5.41, 5.74) is 0.707. The molecule has 1 rings (SSSR count). The summed E-state index contributed by atoms with van der Waals surface area (Å²) in [5.74, 6) is -0.619. The van der Waals surface area contributed by atoms with Crippen LogP contribution in [0.5, 0.6) is 0 Å². The second-order valence-electron chi connectivity index (χ2n) is 2.24. The number of pyridine rings is 1. The Morgan fingerprint density at radius 2 is 2.08 bits per heavy atom. The van der Waals surface area contributed by atoms with Crippen LogP contribution in [0.25, 0.3) is 0 Å². The molecule has 1 heterocycles. The molecule has 66 valence electrons. The number of nitrogens with zero attached hydrogens (tertiary/aromatic N) is 1. The monoisotopic (exact) mass is 191 g/mol. The van der Waals surface area contributed by atoms with Crippen LogP contribution in [0.15, 0.2) is 12.3 Å². The molecule has 0 saturated carbocycles. The molecule has 0 saturated heterocycles. The van der Waals surface area contributed by atoms with Crippen LogP contribution in [0, 0.1) is 12.9 Å². The Bertz CT molecular complexity index is 272. The van der Waals surface area contributed by atoms with Crippen LogP contribution in [0.3, 0.4) is 0 Å². The summed E-state index contributed by atoms with van der Waals surface area (Å²) in [6, 6.07) is 1.15. The molecule has 1 aromatic heterocycles. The van der Waals surface area contributed by atoms with Gasteiger partial charge in [0.15, 0.2) is 0 Å². The van der Waals surface area contributed by atoms with Crippen molar-refractivity contribution >= 4 is 25.0 Å². The van der Waals surface area contributed by atoms with Gasteiger partial charge in [0.2, 0.25) is 5.95 Å². The number of halogens is 2.